The number of nitriles is 1. The Bertz CT molecular complexity index is 468. The normalized spacial score (nSPS) is 22.6. The second kappa shape index (κ2) is 6.44. The molecule has 1 aromatic carbocycles. The largest absolute Gasteiger partial charge is 0.497 e. The summed E-state index contributed by atoms with van der Waals surface area (Å²) in [6, 6.07) is 7.57. The Labute approximate surface area is 114 Å². The van der Waals surface area contributed by atoms with E-state index < -0.39 is 0 Å². The van der Waals surface area contributed by atoms with E-state index in [2.05, 4.69) is 11.4 Å². The highest BCUT2D eigenvalue weighted by atomic mass is 16.5. The van der Waals surface area contributed by atoms with Gasteiger partial charge in [0.15, 0.2) is 0 Å². The zero-order valence-electron chi connectivity index (χ0n) is 11.2. The number of hydrogen-bond donors (Lipinski definition) is 2. The van der Waals surface area contributed by atoms with Crippen molar-refractivity contribution >= 4 is 5.69 Å². The van der Waals surface area contributed by atoms with Crippen molar-refractivity contribution in [2.24, 2.45) is 5.92 Å². The average Bonchev–Trinajstić information content (AvgIpc) is 2.45. The number of methoxy groups -OCH3 is 1. The topological polar surface area (TPSA) is 65.3 Å². The molecule has 1 fully saturated rings. The van der Waals surface area contributed by atoms with Gasteiger partial charge in [-0.05, 0) is 37.3 Å². The van der Waals surface area contributed by atoms with Crippen LogP contribution in [0.25, 0.3) is 0 Å². The molecule has 1 aromatic rings. The van der Waals surface area contributed by atoms with Crippen molar-refractivity contribution in [1.29, 1.82) is 5.26 Å². The van der Waals surface area contributed by atoms with Crippen molar-refractivity contribution in [3.63, 3.8) is 0 Å². The lowest BCUT2D eigenvalue weighted by Gasteiger charge is -2.26. The van der Waals surface area contributed by atoms with Crippen LogP contribution in [0, 0.1) is 17.2 Å². The fraction of sp³-hybridized carbons (Fsp3) is 0.533. The number of hydrogen-bond acceptors (Lipinski definition) is 4. The molecule has 0 aromatic heterocycles. The van der Waals surface area contributed by atoms with Crippen LogP contribution in [-0.4, -0.2) is 24.9 Å². The maximum Gasteiger partial charge on any atom is 0.121 e. The number of nitrogens with one attached hydrogen (secondary N) is 1. The van der Waals surface area contributed by atoms with E-state index in [1.165, 1.54) is 0 Å². The Morgan fingerprint density at radius 2 is 2.32 bits per heavy atom. The fourth-order valence-electron chi connectivity index (χ4n) is 2.60. The molecular weight excluding hydrogens is 240 g/mol. The third-order valence-electron chi connectivity index (χ3n) is 3.68. The van der Waals surface area contributed by atoms with Gasteiger partial charge in [0.25, 0.3) is 0 Å². The summed E-state index contributed by atoms with van der Waals surface area (Å²) >= 11 is 0. The number of anilines is 1. The van der Waals surface area contributed by atoms with Gasteiger partial charge >= 0.3 is 0 Å². The summed E-state index contributed by atoms with van der Waals surface area (Å²) in [5, 5.41) is 22.1. The van der Waals surface area contributed by atoms with E-state index in [1.54, 1.807) is 19.2 Å². The molecule has 19 heavy (non-hydrogen) atoms. The first-order valence-corrected chi connectivity index (χ1v) is 6.73. The first kappa shape index (κ1) is 13.7. The van der Waals surface area contributed by atoms with Gasteiger partial charge in [-0.15, -0.1) is 0 Å². The maximum atomic E-state index is 9.66. The molecule has 0 saturated heterocycles. The van der Waals surface area contributed by atoms with Crippen molar-refractivity contribution in [2.45, 2.75) is 31.8 Å². The highest BCUT2D eigenvalue weighted by Crippen LogP contribution is 2.26. The summed E-state index contributed by atoms with van der Waals surface area (Å²) < 4.78 is 5.17. The quantitative estimate of drug-likeness (QED) is 0.873. The summed E-state index contributed by atoms with van der Waals surface area (Å²) in [5.74, 6) is 1.21. The van der Waals surface area contributed by atoms with E-state index in [0.29, 0.717) is 11.5 Å². The highest BCUT2D eigenvalue weighted by Gasteiger charge is 2.20. The molecule has 2 atom stereocenters. The monoisotopic (exact) mass is 260 g/mol. The summed E-state index contributed by atoms with van der Waals surface area (Å²) in [7, 11) is 1.61. The van der Waals surface area contributed by atoms with Crippen LogP contribution >= 0.6 is 0 Å². The number of benzene rings is 1. The van der Waals surface area contributed by atoms with E-state index in [4.69, 9.17) is 10.00 Å². The van der Waals surface area contributed by atoms with Crippen molar-refractivity contribution in [2.75, 3.05) is 19.0 Å². The standard InChI is InChI=1S/C15H20N2O2/c1-19-14-6-5-12(9-16)15(8-14)17-10-11-3-2-4-13(18)7-11/h5-6,8,11,13,17-18H,2-4,7,10H2,1H3. The number of ether oxygens (including phenoxy) is 1. The fourth-order valence-corrected chi connectivity index (χ4v) is 2.60. The molecule has 0 radical (unpaired) electrons. The van der Waals surface area contributed by atoms with Gasteiger partial charge in [0.2, 0.25) is 0 Å². The Balaban J connectivity index is 2.00. The molecule has 0 bridgehead atoms. The van der Waals surface area contributed by atoms with Crippen LogP contribution in [0.3, 0.4) is 0 Å². The predicted molar refractivity (Wildman–Crippen MR) is 74.2 cm³/mol. The molecule has 102 valence electrons. The van der Waals surface area contributed by atoms with Crippen LogP contribution in [0.15, 0.2) is 18.2 Å². The first-order valence-electron chi connectivity index (χ1n) is 6.73. The Morgan fingerprint density at radius 1 is 1.47 bits per heavy atom. The molecule has 1 aliphatic carbocycles. The SMILES string of the molecule is COc1ccc(C#N)c(NCC2CCCC(O)C2)c1. The zero-order chi connectivity index (χ0) is 13.7. The lowest BCUT2D eigenvalue weighted by Crippen LogP contribution is -2.25. The average molecular weight is 260 g/mol. The maximum absolute atomic E-state index is 9.66. The molecule has 1 saturated carbocycles. The minimum absolute atomic E-state index is 0.165. The van der Waals surface area contributed by atoms with E-state index in [0.717, 1.165) is 43.7 Å². The van der Waals surface area contributed by atoms with Crippen molar-refractivity contribution in [1.82, 2.24) is 0 Å². The van der Waals surface area contributed by atoms with Gasteiger partial charge in [-0.25, -0.2) is 0 Å². The first-order chi connectivity index (χ1) is 9.22. The van der Waals surface area contributed by atoms with Gasteiger partial charge in [0.05, 0.1) is 24.5 Å². The van der Waals surface area contributed by atoms with Crippen LogP contribution in [0.5, 0.6) is 5.75 Å². The van der Waals surface area contributed by atoms with Gasteiger partial charge in [-0.3, -0.25) is 0 Å². The highest BCUT2D eigenvalue weighted by molar-refractivity contribution is 5.60. The minimum Gasteiger partial charge on any atom is -0.497 e. The molecular formula is C15H20N2O2. The van der Waals surface area contributed by atoms with Crippen LogP contribution in [0.1, 0.15) is 31.2 Å². The molecule has 4 nitrogen and oxygen atoms in total. The number of aliphatic hydroxyl groups is 1. The van der Waals surface area contributed by atoms with E-state index in [-0.39, 0.29) is 6.10 Å². The van der Waals surface area contributed by atoms with Crippen LogP contribution in [-0.2, 0) is 0 Å². The second-order valence-corrected chi connectivity index (χ2v) is 5.09. The van der Waals surface area contributed by atoms with Crippen LogP contribution < -0.4 is 10.1 Å². The van der Waals surface area contributed by atoms with Gasteiger partial charge in [0.1, 0.15) is 11.8 Å². The Morgan fingerprint density at radius 3 is 3.00 bits per heavy atom. The van der Waals surface area contributed by atoms with Crippen LogP contribution in [0.4, 0.5) is 5.69 Å². The molecule has 1 aliphatic rings. The van der Waals surface area contributed by atoms with E-state index in [9.17, 15) is 5.11 Å². The zero-order valence-corrected chi connectivity index (χ0v) is 11.2. The summed E-state index contributed by atoms with van der Waals surface area (Å²) in [4.78, 5) is 0. The third kappa shape index (κ3) is 3.62. The van der Waals surface area contributed by atoms with Crippen molar-refractivity contribution in [3.8, 4) is 11.8 Å². The number of nitrogens with zero attached hydrogens (tertiary/aromatic N) is 1. The smallest absolute Gasteiger partial charge is 0.121 e. The minimum atomic E-state index is -0.165. The molecule has 0 amide bonds. The van der Waals surface area contributed by atoms with Crippen molar-refractivity contribution in [3.05, 3.63) is 23.8 Å². The van der Waals surface area contributed by atoms with Crippen LogP contribution in [0.2, 0.25) is 0 Å². The van der Waals surface area contributed by atoms with Gasteiger partial charge in [-0.2, -0.15) is 5.26 Å². The molecule has 2 N–H and O–H groups in total. The molecule has 2 unspecified atom stereocenters. The third-order valence-corrected chi connectivity index (χ3v) is 3.68. The molecule has 4 heteroatoms. The summed E-state index contributed by atoms with van der Waals surface area (Å²) in [5.41, 5.74) is 1.43. The van der Waals surface area contributed by atoms with E-state index in [1.807, 2.05) is 6.07 Å². The molecule has 0 aliphatic heterocycles. The number of rotatable bonds is 4. The van der Waals surface area contributed by atoms with Gasteiger partial charge in [0, 0.05) is 12.6 Å². The molecule has 2 rings (SSSR count). The number of aliphatic hydroxyl groups excluding tert-OH is 1. The Hall–Kier alpha value is -1.73. The molecule has 0 spiro atoms. The Kier molecular flexibility index (Phi) is 4.64. The lowest BCUT2D eigenvalue weighted by molar-refractivity contribution is 0.105. The summed E-state index contributed by atoms with van der Waals surface area (Å²) in [6.45, 7) is 0.791. The van der Waals surface area contributed by atoms with E-state index >= 15 is 0 Å². The second-order valence-electron chi connectivity index (χ2n) is 5.09. The summed E-state index contributed by atoms with van der Waals surface area (Å²) in [6.07, 6.45) is 3.81. The van der Waals surface area contributed by atoms with Gasteiger partial charge in [-0.1, -0.05) is 6.42 Å². The van der Waals surface area contributed by atoms with Crippen molar-refractivity contribution < 1.29 is 9.84 Å². The van der Waals surface area contributed by atoms with Gasteiger partial charge < -0.3 is 15.2 Å². The lowest BCUT2D eigenvalue weighted by atomic mass is 9.87. The molecule has 0 heterocycles. The predicted octanol–water partition coefficient (Wildman–Crippen LogP) is 2.53.